The molecule has 0 heterocycles. The van der Waals surface area contributed by atoms with Gasteiger partial charge in [0.15, 0.2) is 5.45 Å². The molecular weight excluding hydrogens is 217 g/mol. The zero-order chi connectivity index (χ0) is 12.1. The van der Waals surface area contributed by atoms with Crippen LogP contribution in [0, 0.1) is 0 Å². The smallest absolute Gasteiger partial charge is 0.379 e. The fourth-order valence-corrected chi connectivity index (χ4v) is 2.92. The molecule has 0 atom stereocenters. The van der Waals surface area contributed by atoms with E-state index in [1.807, 2.05) is 0 Å². The molecule has 0 fully saturated rings. The number of hydrogen-bond donors (Lipinski definition) is 1. The van der Waals surface area contributed by atoms with E-state index in [0.29, 0.717) is 6.42 Å². The third kappa shape index (κ3) is 4.78. The van der Waals surface area contributed by atoms with Gasteiger partial charge >= 0.3 is 7.60 Å². The van der Waals surface area contributed by atoms with Crippen LogP contribution in [-0.2, 0) is 13.6 Å². The van der Waals surface area contributed by atoms with Crippen molar-refractivity contribution in [3.8, 4) is 0 Å². The van der Waals surface area contributed by atoms with Gasteiger partial charge in [-0.15, -0.1) is 0 Å². The maximum atomic E-state index is 12.3. The summed E-state index contributed by atoms with van der Waals surface area (Å²) in [4.78, 5) is 0. The molecule has 0 saturated heterocycles. The molecule has 0 unspecified atom stereocenters. The Bertz CT molecular complexity index is 249. The Balaban J connectivity index is 4.93. The van der Waals surface area contributed by atoms with Gasteiger partial charge in [0.05, 0.1) is 12.2 Å². The fourth-order valence-electron chi connectivity index (χ4n) is 1.02. The average molecular weight is 237 g/mol. The largest absolute Gasteiger partial charge is 0.410 e. The lowest BCUT2D eigenvalue weighted by Crippen LogP contribution is -2.14. The molecule has 0 aromatic carbocycles. The first-order valence-electron chi connectivity index (χ1n) is 5.04. The van der Waals surface area contributed by atoms with Gasteiger partial charge in [-0.2, -0.15) is 0 Å². The predicted octanol–water partition coefficient (Wildman–Crippen LogP) is 3.23. The molecule has 1 N–H and O–H groups in total. The van der Waals surface area contributed by atoms with Crippen LogP contribution in [0.5, 0.6) is 0 Å². The SMILES string of the molecule is CC/C(=N/O)P(=O)(OC(C)C)OC(C)C. The molecule has 5 nitrogen and oxygen atoms in total. The van der Waals surface area contributed by atoms with Crippen molar-refractivity contribution in [2.45, 2.75) is 53.2 Å². The Morgan fingerprint density at radius 2 is 1.67 bits per heavy atom. The van der Waals surface area contributed by atoms with Gasteiger partial charge in [0.2, 0.25) is 0 Å². The minimum atomic E-state index is -3.44. The van der Waals surface area contributed by atoms with Crippen molar-refractivity contribution in [2.24, 2.45) is 5.16 Å². The van der Waals surface area contributed by atoms with Crippen LogP contribution < -0.4 is 0 Å². The second kappa shape index (κ2) is 6.26. The number of hydrogen-bond acceptors (Lipinski definition) is 5. The number of oxime groups is 1. The lowest BCUT2D eigenvalue weighted by molar-refractivity contribution is 0.151. The van der Waals surface area contributed by atoms with Crippen molar-refractivity contribution in [2.75, 3.05) is 0 Å². The molecule has 0 spiro atoms. The molecule has 6 heteroatoms. The highest BCUT2D eigenvalue weighted by Gasteiger charge is 2.34. The molecule has 0 amide bonds. The van der Waals surface area contributed by atoms with Gasteiger partial charge in [-0.3, -0.25) is 4.57 Å². The quantitative estimate of drug-likeness (QED) is 0.333. The molecule has 90 valence electrons. The molecule has 0 aliphatic heterocycles. The standard InChI is InChI=1S/C9H20NO4P/c1-6-9(10-11)15(12,13-7(2)3)14-8(4)5/h7-8,11H,6H2,1-5H3/b10-9-. The molecule has 0 rings (SSSR count). The minimum Gasteiger partial charge on any atom is -0.410 e. The third-order valence-electron chi connectivity index (χ3n) is 1.45. The van der Waals surface area contributed by atoms with Crippen molar-refractivity contribution in [1.82, 2.24) is 0 Å². The van der Waals surface area contributed by atoms with E-state index in [9.17, 15) is 4.57 Å². The predicted molar refractivity (Wildman–Crippen MR) is 59.6 cm³/mol. The first-order valence-corrected chi connectivity index (χ1v) is 6.58. The summed E-state index contributed by atoms with van der Waals surface area (Å²) in [6, 6.07) is 0. The summed E-state index contributed by atoms with van der Waals surface area (Å²) in [6.07, 6.45) is -0.177. The minimum absolute atomic E-state index is 0.0601. The summed E-state index contributed by atoms with van der Waals surface area (Å²) in [5.74, 6) is 0. The average Bonchev–Trinajstić information content (AvgIpc) is 2.01. The van der Waals surface area contributed by atoms with E-state index in [4.69, 9.17) is 14.3 Å². The Kier molecular flexibility index (Phi) is 6.10. The normalized spacial score (nSPS) is 13.9. The Morgan fingerprint density at radius 1 is 1.27 bits per heavy atom. The first-order chi connectivity index (χ1) is 6.85. The maximum absolute atomic E-state index is 12.3. The van der Waals surface area contributed by atoms with E-state index in [2.05, 4.69) is 5.16 Å². The van der Waals surface area contributed by atoms with Gasteiger partial charge in [0.1, 0.15) is 0 Å². The highest BCUT2D eigenvalue weighted by Crippen LogP contribution is 2.52. The van der Waals surface area contributed by atoms with E-state index in [-0.39, 0.29) is 17.7 Å². The van der Waals surface area contributed by atoms with Crippen molar-refractivity contribution < 1.29 is 18.8 Å². The van der Waals surface area contributed by atoms with Crippen LogP contribution in [0.25, 0.3) is 0 Å². The second-order valence-corrected chi connectivity index (χ2v) is 5.61. The van der Waals surface area contributed by atoms with Gasteiger partial charge in [0.25, 0.3) is 0 Å². The van der Waals surface area contributed by atoms with E-state index in [1.165, 1.54) is 0 Å². The second-order valence-electron chi connectivity index (χ2n) is 3.68. The topological polar surface area (TPSA) is 68.1 Å². The maximum Gasteiger partial charge on any atom is 0.379 e. The summed E-state index contributed by atoms with van der Waals surface area (Å²) < 4.78 is 22.7. The zero-order valence-corrected chi connectivity index (χ0v) is 10.8. The first kappa shape index (κ1) is 14.6. The Morgan fingerprint density at radius 3 is 1.87 bits per heavy atom. The Labute approximate surface area is 91.0 Å². The van der Waals surface area contributed by atoms with Crippen LogP contribution in [0.3, 0.4) is 0 Å². The van der Waals surface area contributed by atoms with Gasteiger partial charge in [0, 0.05) is 0 Å². The monoisotopic (exact) mass is 237 g/mol. The van der Waals surface area contributed by atoms with E-state index >= 15 is 0 Å². The van der Waals surface area contributed by atoms with Crippen LogP contribution in [0.15, 0.2) is 5.16 Å². The van der Waals surface area contributed by atoms with Gasteiger partial charge in [-0.25, -0.2) is 0 Å². The van der Waals surface area contributed by atoms with Crippen LogP contribution in [0.1, 0.15) is 41.0 Å². The molecule has 0 aliphatic carbocycles. The van der Waals surface area contributed by atoms with Gasteiger partial charge in [-0.1, -0.05) is 12.1 Å². The molecular formula is C9H20NO4P. The van der Waals surface area contributed by atoms with Crippen molar-refractivity contribution in [3.05, 3.63) is 0 Å². The number of nitrogens with zero attached hydrogens (tertiary/aromatic N) is 1. The fraction of sp³-hybridized carbons (Fsp3) is 0.889. The summed E-state index contributed by atoms with van der Waals surface area (Å²) in [6.45, 7) is 8.74. The molecule has 0 aromatic heterocycles. The number of rotatable bonds is 6. The summed E-state index contributed by atoms with van der Waals surface area (Å²) in [5.41, 5.74) is 0.0601. The molecule has 0 bridgehead atoms. The zero-order valence-electron chi connectivity index (χ0n) is 9.93. The van der Waals surface area contributed by atoms with Crippen LogP contribution in [-0.4, -0.2) is 22.9 Å². The summed E-state index contributed by atoms with van der Waals surface area (Å²) >= 11 is 0. The lowest BCUT2D eigenvalue weighted by Gasteiger charge is -2.22. The molecule has 15 heavy (non-hydrogen) atoms. The lowest BCUT2D eigenvalue weighted by atomic mass is 10.5. The molecule has 0 radical (unpaired) electrons. The van der Waals surface area contributed by atoms with E-state index < -0.39 is 7.60 Å². The van der Waals surface area contributed by atoms with E-state index in [1.54, 1.807) is 34.6 Å². The highest BCUT2D eigenvalue weighted by molar-refractivity contribution is 7.72. The van der Waals surface area contributed by atoms with Crippen molar-refractivity contribution in [1.29, 1.82) is 0 Å². The molecule has 0 saturated carbocycles. The van der Waals surface area contributed by atoms with Crippen LogP contribution in [0.4, 0.5) is 0 Å². The molecule has 0 aromatic rings. The van der Waals surface area contributed by atoms with Crippen LogP contribution >= 0.6 is 7.60 Å². The van der Waals surface area contributed by atoms with Crippen LogP contribution in [0.2, 0.25) is 0 Å². The summed E-state index contributed by atoms with van der Waals surface area (Å²) in [5, 5.41) is 11.7. The summed E-state index contributed by atoms with van der Waals surface area (Å²) in [7, 11) is -3.44. The van der Waals surface area contributed by atoms with Gasteiger partial charge < -0.3 is 14.3 Å². The van der Waals surface area contributed by atoms with Crippen molar-refractivity contribution >= 4 is 13.0 Å². The molecule has 0 aliphatic rings. The Hall–Kier alpha value is -0.380. The third-order valence-corrected chi connectivity index (χ3v) is 3.88. The van der Waals surface area contributed by atoms with Crippen molar-refractivity contribution in [3.63, 3.8) is 0 Å². The highest BCUT2D eigenvalue weighted by atomic mass is 31.2. The van der Waals surface area contributed by atoms with E-state index in [0.717, 1.165) is 0 Å². The van der Waals surface area contributed by atoms with Gasteiger partial charge in [-0.05, 0) is 34.1 Å².